The lowest BCUT2D eigenvalue weighted by Crippen LogP contribution is -2.42. The number of imidazole rings is 1. The van der Waals surface area contributed by atoms with Gasteiger partial charge >= 0.3 is 23.1 Å². The molecule has 0 bridgehead atoms. The molecule has 1 amide bonds. The van der Waals surface area contributed by atoms with Crippen LogP contribution in [0.4, 0.5) is 31.1 Å². The van der Waals surface area contributed by atoms with Gasteiger partial charge in [0.15, 0.2) is 20.0 Å². The molecule has 0 radical (unpaired) electrons. The van der Waals surface area contributed by atoms with Crippen LogP contribution in [0.15, 0.2) is 30.9 Å². The third kappa shape index (κ3) is 10.8. The molecule has 208 valence electrons. The van der Waals surface area contributed by atoms with E-state index >= 15 is 0 Å². The Morgan fingerprint density at radius 2 is 1.58 bits per heavy atom. The monoisotopic (exact) mass is 576 g/mol. The fraction of sp³-hybridized carbons (Fsp3) is 0.562. The van der Waals surface area contributed by atoms with E-state index in [0.717, 1.165) is 10.7 Å². The average Bonchev–Trinajstić information content (AvgIpc) is 3.16. The van der Waals surface area contributed by atoms with Crippen molar-refractivity contribution in [3.63, 3.8) is 0 Å². The minimum Gasteiger partial charge on any atom is -0.465 e. The minimum absolute atomic E-state index is 0.0264. The lowest BCUT2D eigenvalue weighted by molar-refractivity contribution is -0.695. The Hall–Kier alpha value is -2.87. The summed E-state index contributed by atoms with van der Waals surface area (Å²) in [5, 5.41) is 9.13. The Kier molecular flexibility index (Phi) is 11.9. The van der Waals surface area contributed by atoms with Crippen molar-refractivity contribution in [2.45, 2.75) is 38.0 Å². The van der Waals surface area contributed by atoms with E-state index in [2.05, 4.69) is 6.58 Å². The molecule has 12 nitrogen and oxygen atoms in total. The maximum absolute atomic E-state index is 11.4. The summed E-state index contributed by atoms with van der Waals surface area (Å²) >= 11 is 0. The average molecular weight is 576 g/mol. The molecule has 0 aliphatic rings. The van der Waals surface area contributed by atoms with Crippen LogP contribution in [0.25, 0.3) is 4.13 Å². The molecular formula is C16H22F6N4O8S2. The predicted octanol–water partition coefficient (Wildman–Crippen LogP) is 1.95. The van der Waals surface area contributed by atoms with E-state index in [1.165, 1.54) is 4.90 Å². The van der Waals surface area contributed by atoms with Crippen LogP contribution < -0.4 is 4.57 Å². The van der Waals surface area contributed by atoms with Gasteiger partial charge in [0.25, 0.3) is 0 Å². The summed E-state index contributed by atoms with van der Waals surface area (Å²) < 4.78 is 118. The number of ether oxygens (including phenoxy) is 1. The first-order valence-corrected chi connectivity index (χ1v) is 12.2. The molecule has 36 heavy (non-hydrogen) atoms. The van der Waals surface area contributed by atoms with Crippen molar-refractivity contribution in [1.29, 1.82) is 0 Å². The predicted molar refractivity (Wildman–Crippen MR) is 109 cm³/mol. The zero-order valence-electron chi connectivity index (χ0n) is 18.7. The molecule has 0 atom stereocenters. The molecule has 0 saturated carbocycles. The summed E-state index contributed by atoms with van der Waals surface area (Å²) in [6, 6.07) is 0. The van der Waals surface area contributed by atoms with Crippen molar-refractivity contribution in [2.24, 2.45) is 0 Å². The Bertz CT molecular complexity index is 1090. The topological polar surface area (TPSA) is 158 Å². The number of rotatable bonds is 10. The number of aryl methyl sites for hydroxylation is 1. The first kappa shape index (κ1) is 33.1. The summed E-state index contributed by atoms with van der Waals surface area (Å²) in [5.74, 6) is -0.505. The van der Waals surface area contributed by atoms with Gasteiger partial charge in [-0.15, -0.1) is 0 Å². The summed E-state index contributed by atoms with van der Waals surface area (Å²) in [5.41, 5.74) is -12.1. The van der Waals surface area contributed by atoms with E-state index in [1.807, 2.05) is 34.8 Å². The largest absolute Gasteiger partial charge is 0.480 e. The Morgan fingerprint density at radius 1 is 1.08 bits per heavy atom. The molecule has 1 aromatic heterocycles. The number of carboxylic acid groups (broad SMARTS) is 1. The molecule has 1 aromatic rings. The second-order valence-corrected chi connectivity index (χ2v) is 10.0. The highest BCUT2D eigenvalue weighted by Crippen LogP contribution is 2.36. The fourth-order valence-corrected chi connectivity index (χ4v) is 3.59. The number of carbonyl (C=O) groups is 2. The number of sulfonamides is 2. The lowest BCUT2D eigenvalue weighted by Gasteiger charge is -2.22. The number of hydrogen-bond donors (Lipinski definition) is 1. The third-order valence-corrected chi connectivity index (χ3v) is 6.47. The van der Waals surface area contributed by atoms with Gasteiger partial charge in [0.1, 0.15) is 25.5 Å². The van der Waals surface area contributed by atoms with Crippen molar-refractivity contribution in [3.05, 3.63) is 35.0 Å². The molecule has 1 rings (SSSR count). The van der Waals surface area contributed by atoms with E-state index in [4.69, 9.17) is 9.84 Å². The Labute approximate surface area is 201 Å². The van der Waals surface area contributed by atoms with E-state index in [0.29, 0.717) is 18.7 Å². The van der Waals surface area contributed by atoms with Crippen LogP contribution >= 0.6 is 0 Å². The molecule has 0 unspecified atom stereocenters. The van der Waals surface area contributed by atoms with Crippen LogP contribution in [0.1, 0.15) is 13.8 Å². The van der Waals surface area contributed by atoms with Crippen molar-refractivity contribution >= 4 is 32.1 Å². The number of nitrogens with zero attached hydrogens (tertiary/aromatic N) is 4. The highest BCUT2D eigenvalue weighted by atomic mass is 32.3. The first-order valence-electron chi connectivity index (χ1n) is 9.36. The second kappa shape index (κ2) is 12.9. The Morgan fingerprint density at radius 3 is 1.94 bits per heavy atom. The van der Waals surface area contributed by atoms with Crippen LogP contribution in [0.2, 0.25) is 0 Å². The highest BCUT2D eigenvalue weighted by Gasteiger charge is 2.46. The van der Waals surface area contributed by atoms with Crippen molar-refractivity contribution < 1.29 is 67.2 Å². The SMILES string of the molecule is C=C(C)C(=O)OCCN(CC[n+]1ccn(CC)c1)C(=O)O.O=S(=O)([N-]S(=O)(=O)C(F)(F)F)C(F)(F)F. The smallest absolute Gasteiger partial charge is 0.465 e. The molecule has 0 aromatic carbocycles. The third-order valence-electron chi connectivity index (χ3n) is 3.73. The molecule has 20 heteroatoms. The molecule has 0 aliphatic carbocycles. The van der Waals surface area contributed by atoms with Gasteiger partial charge in [0.2, 0.25) is 6.33 Å². The van der Waals surface area contributed by atoms with Crippen molar-refractivity contribution in [2.75, 3.05) is 19.7 Å². The van der Waals surface area contributed by atoms with Gasteiger partial charge in [-0.05, 0) is 13.8 Å². The van der Waals surface area contributed by atoms with Gasteiger partial charge in [-0.3, -0.25) is 0 Å². The van der Waals surface area contributed by atoms with Gasteiger partial charge in [0.05, 0.1) is 19.6 Å². The van der Waals surface area contributed by atoms with E-state index in [-0.39, 0.29) is 13.2 Å². The van der Waals surface area contributed by atoms with Crippen LogP contribution in [-0.4, -0.2) is 74.2 Å². The van der Waals surface area contributed by atoms with Crippen LogP contribution in [0.5, 0.6) is 0 Å². The van der Waals surface area contributed by atoms with E-state index < -0.39 is 43.1 Å². The molecule has 0 saturated heterocycles. The van der Waals surface area contributed by atoms with Gasteiger partial charge in [-0.1, -0.05) is 6.58 Å². The minimum atomic E-state index is -6.72. The fourth-order valence-electron chi connectivity index (χ4n) is 1.88. The number of alkyl halides is 6. The van der Waals surface area contributed by atoms with Crippen LogP contribution in [0, 0.1) is 0 Å². The number of halogens is 6. The van der Waals surface area contributed by atoms with Gasteiger partial charge in [-0.25, -0.2) is 35.6 Å². The molecule has 1 N–H and O–H groups in total. The van der Waals surface area contributed by atoms with Crippen LogP contribution in [-0.2, 0) is 42.7 Å². The van der Waals surface area contributed by atoms with Gasteiger partial charge in [-0.2, -0.15) is 26.3 Å². The number of amides is 1. The molecular weight excluding hydrogens is 554 g/mol. The van der Waals surface area contributed by atoms with Crippen LogP contribution in [0.3, 0.4) is 0 Å². The summed E-state index contributed by atoms with van der Waals surface area (Å²) in [7, 11) is -13.4. The van der Waals surface area contributed by atoms with Gasteiger partial charge in [0, 0.05) is 5.57 Å². The summed E-state index contributed by atoms with van der Waals surface area (Å²) in [6.07, 6.45) is 4.71. The zero-order chi connectivity index (χ0) is 28.5. The maximum atomic E-state index is 11.4. The Balaban J connectivity index is 0.000000723. The molecule has 0 spiro atoms. The quantitative estimate of drug-likeness (QED) is 0.192. The number of hydrogen-bond acceptors (Lipinski definition) is 7. The number of esters is 1. The molecule has 0 aliphatic heterocycles. The standard InChI is InChI=1S/C14H21N3O4.C2F6NO4S2/c1-4-15-5-6-16(11-15)7-8-17(14(19)20)9-10-21-13(18)12(2)3;3-1(4,5)14(10,11)9-15(12,13)2(6,7)8/h5-6,11H,2,4,7-10H2,1,3H3;/q;-1/p+1. The normalized spacial score (nSPS) is 12.3. The summed E-state index contributed by atoms with van der Waals surface area (Å²) in [6.45, 7) is 8.96. The van der Waals surface area contributed by atoms with Crippen molar-refractivity contribution in [1.82, 2.24) is 9.47 Å². The first-order chi connectivity index (χ1) is 16.1. The lowest BCUT2D eigenvalue weighted by atomic mass is 10.4. The molecule has 1 heterocycles. The highest BCUT2D eigenvalue weighted by molar-refractivity contribution is 8.13. The maximum Gasteiger partial charge on any atom is 0.480 e. The summed E-state index contributed by atoms with van der Waals surface area (Å²) in [4.78, 5) is 23.6. The second-order valence-electron chi connectivity index (χ2n) is 6.58. The van der Waals surface area contributed by atoms with Crippen molar-refractivity contribution in [3.8, 4) is 0 Å². The van der Waals surface area contributed by atoms with E-state index in [9.17, 15) is 52.8 Å². The van der Waals surface area contributed by atoms with E-state index in [1.54, 1.807) is 6.92 Å². The van der Waals surface area contributed by atoms with Gasteiger partial charge < -0.3 is 18.9 Å². The zero-order valence-corrected chi connectivity index (χ0v) is 20.3. The number of aromatic nitrogens is 2. The molecule has 0 fully saturated rings. The number of carbonyl (C=O) groups excluding carboxylic acids is 1.